The molecule has 0 aliphatic rings. The lowest BCUT2D eigenvalue weighted by Crippen LogP contribution is -2.45. The van der Waals surface area contributed by atoms with Crippen LogP contribution >= 0.6 is 9.24 Å². The molecule has 1 aromatic heterocycles. The third-order valence-electron chi connectivity index (χ3n) is 3.43. The first-order valence-corrected chi connectivity index (χ1v) is 6.39. The molecule has 0 saturated carbocycles. The normalized spacial score (nSPS) is 13.9. The molecule has 1 rings (SSSR count). The van der Waals surface area contributed by atoms with E-state index in [2.05, 4.69) is 67.9 Å². The fourth-order valence-electron chi connectivity index (χ4n) is 2.49. The van der Waals surface area contributed by atoms with E-state index in [0.29, 0.717) is 0 Å². The molecule has 1 heterocycles. The fourth-order valence-corrected chi connectivity index (χ4v) is 2.66. The highest BCUT2D eigenvalue weighted by Crippen LogP contribution is 2.57. The van der Waals surface area contributed by atoms with E-state index in [4.69, 9.17) is 0 Å². The van der Waals surface area contributed by atoms with Crippen LogP contribution < -0.4 is 0 Å². The average Bonchev–Trinajstić information content (AvgIpc) is 2.14. The fraction of sp³-hybridized carbons (Fsp3) is 0.643. The SMILES string of the molecule is CC(C)(C)C(P)(c1ccccn1)C(C)(C)C. The van der Waals surface area contributed by atoms with Crippen molar-refractivity contribution < 1.29 is 0 Å². The second kappa shape index (κ2) is 4.11. The van der Waals surface area contributed by atoms with Crippen LogP contribution in [0, 0.1) is 10.8 Å². The zero-order chi connectivity index (χ0) is 12.6. The highest BCUT2D eigenvalue weighted by atomic mass is 31.0. The largest absolute Gasteiger partial charge is 0.260 e. The molecule has 0 aromatic carbocycles. The maximum absolute atomic E-state index is 4.56. The van der Waals surface area contributed by atoms with Gasteiger partial charge in [0.05, 0.1) is 5.69 Å². The highest BCUT2D eigenvalue weighted by Gasteiger charge is 2.49. The Bertz CT molecular complexity index is 329. The van der Waals surface area contributed by atoms with Crippen molar-refractivity contribution in [1.82, 2.24) is 4.98 Å². The quantitative estimate of drug-likeness (QED) is 0.666. The topological polar surface area (TPSA) is 12.9 Å². The van der Waals surface area contributed by atoms with Crippen molar-refractivity contribution in [3.05, 3.63) is 30.1 Å². The summed E-state index contributed by atoms with van der Waals surface area (Å²) in [5.74, 6) is 0. The molecule has 0 N–H and O–H groups in total. The van der Waals surface area contributed by atoms with Gasteiger partial charge in [-0.3, -0.25) is 4.98 Å². The summed E-state index contributed by atoms with van der Waals surface area (Å²) >= 11 is 0. The summed E-state index contributed by atoms with van der Waals surface area (Å²) in [5.41, 5.74) is 1.44. The van der Waals surface area contributed by atoms with Gasteiger partial charge in [-0.05, 0) is 23.0 Å². The van der Waals surface area contributed by atoms with Crippen LogP contribution in [0.3, 0.4) is 0 Å². The van der Waals surface area contributed by atoms with E-state index in [-0.39, 0.29) is 16.0 Å². The van der Waals surface area contributed by atoms with Gasteiger partial charge in [0.2, 0.25) is 0 Å². The van der Waals surface area contributed by atoms with Crippen molar-refractivity contribution in [2.75, 3.05) is 0 Å². The molecule has 1 atom stereocenters. The molecule has 0 saturated heterocycles. The van der Waals surface area contributed by atoms with Gasteiger partial charge in [-0.15, -0.1) is 9.24 Å². The van der Waals surface area contributed by atoms with Crippen LogP contribution in [0.4, 0.5) is 0 Å². The molecule has 1 nitrogen and oxygen atoms in total. The maximum Gasteiger partial charge on any atom is 0.0513 e. The Morgan fingerprint density at radius 3 is 1.75 bits per heavy atom. The lowest BCUT2D eigenvalue weighted by atomic mass is 9.64. The van der Waals surface area contributed by atoms with Crippen molar-refractivity contribution in [3.8, 4) is 0 Å². The predicted octanol–water partition coefficient (Wildman–Crippen LogP) is 4.24. The monoisotopic (exact) mass is 237 g/mol. The minimum absolute atomic E-state index is 0.0265. The van der Waals surface area contributed by atoms with Crippen LogP contribution in [0.15, 0.2) is 24.4 Å². The van der Waals surface area contributed by atoms with Gasteiger partial charge < -0.3 is 0 Å². The average molecular weight is 237 g/mol. The highest BCUT2D eigenvalue weighted by molar-refractivity contribution is 7.18. The maximum atomic E-state index is 4.56. The number of rotatable bonds is 1. The van der Waals surface area contributed by atoms with E-state index in [9.17, 15) is 0 Å². The third-order valence-corrected chi connectivity index (χ3v) is 5.46. The molecule has 0 bridgehead atoms. The molecule has 0 radical (unpaired) electrons. The molecule has 2 heteroatoms. The van der Waals surface area contributed by atoms with Gasteiger partial charge in [0.1, 0.15) is 0 Å². The number of pyridine rings is 1. The lowest BCUT2D eigenvalue weighted by Gasteiger charge is -2.50. The molecule has 0 amide bonds. The summed E-state index contributed by atoms with van der Waals surface area (Å²) in [6.07, 6.45) is 1.88. The second-order valence-electron chi connectivity index (χ2n) is 6.52. The molecule has 16 heavy (non-hydrogen) atoms. The Balaban J connectivity index is 3.39. The first-order chi connectivity index (χ1) is 7.11. The number of hydrogen-bond donors (Lipinski definition) is 0. The number of aromatic nitrogens is 1. The summed E-state index contributed by atoms with van der Waals surface area (Å²) < 4.78 is 0. The Hall–Kier alpha value is -0.420. The Morgan fingerprint density at radius 2 is 1.44 bits per heavy atom. The van der Waals surface area contributed by atoms with Gasteiger partial charge in [-0.2, -0.15) is 0 Å². The van der Waals surface area contributed by atoms with Crippen molar-refractivity contribution in [2.45, 2.75) is 46.7 Å². The van der Waals surface area contributed by atoms with Crippen LogP contribution in [-0.2, 0) is 5.16 Å². The number of hydrogen-bond acceptors (Lipinski definition) is 1. The van der Waals surface area contributed by atoms with Gasteiger partial charge in [0, 0.05) is 11.4 Å². The zero-order valence-electron chi connectivity index (χ0n) is 11.3. The summed E-state index contributed by atoms with van der Waals surface area (Å²) in [6, 6.07) is 6.17. The standard InChI is InChI=1S/C14H24NP/c1-12(2,3)14(16,13(4,5)6)11-9-7-8-10-15-11/h7-10H,16H2,1-6H3. The van der Waals surface area contributed by atoms with Crippen molar-refractivity contribution in [2.24, 2.45) is 10.8 Å². The van der Waals surface area contributed by atoms with Gasteiger partial charge >= 0.3 is 0 Å². The summed E-state index contributed by atoms with van der Waals surface area (Å²) in [7, 11) is 3.06. The van der Waals surface area contributed by atoms with E-state index in [1.807, 2.05) is 12.3 Å². The van der Waals surface area contributed by atoms with E-state index in [1.165, 1.54) is 0 Å². The van der Waals surface area contributed by atoms with Crippen LogP contribution in [-0.4, -0.2) is 4.98 Å². The minimum atomic E-state index is -0.0265. The lowest BCUT2D eigenvalue weighted by molar-refractivity contribution is 0.136. The van der Waals surface area contributed by atoms with E-state index < -0.39 is 0 Å². The molecule has 0 spiro atoms. The Morgan fingerprint density at radius 1 is 0.938 bits per heavy atom. The van der Waals surface area contributed by atoms with Crippen LogP contribution in [0.1, 0.15) is 47.2 Å². The Kier molecular flexibility index (Phi) is 3.50. The van der Waals surface area contributed by atoms with Crippen molar-refractivity contribution >= 4 is 9.24 Å². The Labute approximate surface area is 102 Å². The van der Waals surface area contributed by atoms with Crippen molar-refractivity contribution in [1.29, 1.82) is 0 Å². The molecule has 1 aromatic rings. The first-order valence-electron chi connectivity index (χ1n) is 5.81. The van der Waals surface area contributed by atoms with Crippen LogP contribution in [0.5, 0.6) is 0 Å². The van der Waals surface area contributed by atoms with Crippen LogP contribution in [0.25, 0.3) is 0 Å². The molecule has 90 valence electrons. The molecule has 0 fully saturated rings. The number of nitrogens with zero attached hydrogens (tertiary/aromatic N) is 1. The van der Waals surface area contributed by atoms with Gasteiger partial charge in [0.15, 0.2) is 0 Å². The van der Waals surface area contributed by atoms with Gasteiger partial charge in [-0.25, -0.2) is 0 Å². The van der Waals surface area contributed by atoms with Crippen molar-refractivity contribution in [3.63, 3.8) is 0 Å². The van der Waals surface area contributed by atoms with Gasteiger partial charge in [0.25, 0.3) is 0 Å². The predicted molar refractivity (Wildman–Crippen MR) is 74.5 cm³/mol. The first kappa shape index (κ1) is 13.6. The molecular formula is C14H24NP. The molecular weight excluding hydrogens is 213 g/mol. The van der Waals surface area contributed by atoms with E-state index >= 15 is 0 Å². The molecule has 0 aliphatic carbocycles. The second-order valence-corrected chi connectivity index (χ2v) is 7.39. The summed E-state index contributed by atoms with van der Waals surface area (Å²) in [6.45, 7) is 13.7. The zero-order valence-corrected chi connectivity index (χ0v) is 12.5. The summed E-state index contributed by atoms with van der Waals surface area (Å²) in [5, 5.41) is -0.0265. The van der Waals surface area contributed by atoms with E-state index in [0.717, 1.165) is 5.69 Å². The smallest absolute Gasteiger partial charge is 0.0513 e. The van der Waals surface area contributed by atoms with Gasteiger partial charge in [-0.1, -0.05) is 47.6 Å². The van der Waals surface area contributed by atoms with E-state index in [1.54, 1.807) is 0 Å². The molecule has 0 aliphatic heterocycles. The molecule has 1 unspecified atom stereocenters. The van der Waals surface area contributed by atoms with Crippen LogP contribution in [0.2, 0.25) is 0 Å². The third kappa shape index (κ3) is 2.15. The summed E-state index contributed by atoms with van der Waals surface area (Å²) in [4.78, 5) is 4.56. The minimum Gasteiger partial charge on any atom is -0.260 e.